The second-order valence-electron chi connectivity index (χ2n) is 6.07. The fourth-order valence-corrected chi connectivity index (χ4v) is 2.70. The summed E-state index contributed by atoms with van der Waals surface area (Å²) in [4.78, 5) is 16.0. The molecule has 4 heteroatoms. The minimum absolute atomic E-state index is 0.133. The number of carbonyl (C=O) groups excluding carboxylic acids is 1. The number of allylic oxidation sites excluding steroid dienone is 1. The maximum Gasteiger partial charge on any atom is 0.219 e. The first-order valence-corrected chi connectivity index (χ1v) is 8.47. The summed E-state index contributed by atoms with van der Waals surface area (Å²) in [5, 5.41) is 2.92. The largest absolute Gasteiger partial charge is 0.356 e. The number of aromatic nitrogens is 2. The van der Waals surface area contributed by atoms with Gasteiger partial charge in [-0.05, 0) is 31.9 Å². The van der Waals surface area contributed by atoms with Crippen LogP contribution in [0.2, 0.25) is 0 Å². The summed E-state index contributed by atoms with van der Waals surface area (Å²) in [5.74, 6) is 1.26. The van der Waals surface area contributed by atoms with Gasteiger partial charge in [-0.25, -0.2) is 4.98 Å². The first kappa shape index (κ1) is 17.3. The smallest absolute Gasteiger partial charge is 0.219 e. The number of imidazole rings is 1. The number of aryl methyl sites for hydroxylation is 1. The first-order chi connectivity index (χ1) is 11.1. The van der Waals surface area contributed by atoms with Gasteiger partial charge in [0.1, 0.15) is 5.82 Å². The average molecular weight is 313 g/mol. The van der Waals surface area contributed by atoms with Gasteiger partial charge in [0.2, 0.25) is 5.91 Å². The molecule has 0 saturated carbocycles. The highest BCUT2D eigenvalue weighted by Gasteiger charge is 2.10. The molecule has 2 aromatic rings. The van der Waals surface area contributed by atoms with Crippen molar-refractivity contribution in [3.05, 3.63) is 42.2 Å². The summed E-state index contributed by atoms with van der Waals surface area (Å²) in [7, 11) is 0. The Bertz CT molecular complexity index is 672. The van der Waals surface area contributed by atoms with Gasteiger partial charge in [0, 0.05) is 25.9 Å². The molecule has 1 heterocycles. The first-order valence-electron chi connectivity index (χ1n) is 8.47. The van der Waals surface area contributed by atoms with Crippen LogP contribution in [-0.2, 0) is 17.8 Å². The Balaban J connectivity index is 1.91. The molecule has 0 atom stereocenters. The van der Waals surface area contributed by atoms with E-state index in [9.17, 15) is 4.79 Å². The van der Waals surface area contributed by atoms with Crippen LogP contribution in [-0.4, -0.2) is 22.0 Å². The van der Waals surface area contributed by atoms with E-state index in [1.54, 1.807) is 0 Å². The zero-order valence-corrected chi connectivity index (χ0v) is 14.3. The maximum atomic E-state index is 11.2. The molecule has 0 aliphatic rings. The van der Waals surface area contributed by atoms with E-state index >= 15 is 0 Å². The van der Waals surface area contributed by atoms with E-state index in [2.05, 4.69) is 41.6 Å². The number of hydrogen-bond donors (Lipinski definition) is 1. The lowest BCUT2D eigenvalue weighted by atomic mass is 10.2. The normalized spacial score (nSPS) is 10.9. The Morgan fingerprint density at radius 2 is 2.04 bits per heavy atom. The molecule has 124 valence electrons. The van der Waals surface area contributed by atoms with Gasteiger partial charge in [0.25, 0.3) is 0 Å². The van der Waals surface area contributed by atoms with Crippen LogP contribution in [0.5, 0.6) is 0 Å². The van der Waals surface area contributed by atoms with Crippen LogP contribution in [0.1, 0.15) is 45.4 Å². The van der Waals surface area contributed by atoms with Gasteiger partial charge in [-0.15, -0.1) is 0 Å². The molecule has 0 fully saturated rings. The van der Waals surface area contributed by atoms with Gasteiger partial charge in [0.15, 0.2) is 0 Å². The molecule has 0 aliphatic carbocycles. The minimum atomic E-state index is 0.133. The summed E-state index contributed by atoms with van der Waals surface area (Å²) in [5.41, 5.74) is 3.37. The van der Waals surface area contributed by atoms with Crippen molar-refractivity contribution in [1.82, 2.24) is 14.9 Å². The Labute approximate surface area is 138 Å². The van der Waals surface area contributed by atoms with Crippen molar-refractivity contribution in [2.45, 2.75) is 52.5 Å². The molecule has 1 N–H and O–H groups in total. The molecule has 0 bridgehead atoms. The number of fused-ring (bicyclic) bond motifs is 1. The number of unbranched alkanes of at least 4 members (excludes halogenated alkanes) is 2. The van der Waals surface area contributed by atoms with Crippen molar-refractivity contribution in [3.8, 4) is 0 Å². The van der Waals surface area contributed by atoms with E-state index in [-0.39, 0.29) is 5.91 Å². The number of nitrogens with zero attached hydrogens (tertiary/aromatic N) is 2. The van der Waals surface area contributed by atoms with Crippen molar-refractivity contribution >= 4 is 16.9 Å². The lowest BCUT2D eigenvalue weighted by Crippen LogP contribution is -2.23. The molecule has 0 unspecified atom stereocenters. The van der Waals surface area contributed by atoms with Crippen molar-refractivity contribution in [2.24, 2.45) is 0 Å². The number of hydrogen-bond acceptors (Lipinski definition) is 2. The highest BCUT2D eigenvalue weighted by Crippen LogP contribution is 2.19. The highest BCUT2D eigenvalue weighted by molar-refractivity contribution is 5.76. The van der Waals surface area contributed by atoms with Crippen molar-refractivity contribution < 1.29 is 4.79 Å². The van der Waals surface area contributed by atoms with E-state index < -0.39 is 0 Å². The zero-order valence-electron chi connectivity index (χ0n) is 14.3. The average Bonchev–Trinajstić information content (AvgIpc) is 2.87. The number of benzene rings is 1. The molecule has 1 aromatic carbocycles. The van der Waals surface area contributed by atoms with Crippen LogP contribution in [0.3, 0.4) is 0 Å². The molecule has 1 amide bonds. The lowest BCUT2D eigenvalue weighted by Gasteiger charge is -2.09. The third-order valence-corrected chi connectivity index (χ3v) is 3.88. The fourth-order valence-electron chi connectivity index (χ4n) is 2.70. The second kappa shape index (κ2) is 8.51. The Kier molecular flexibility index (Phi) is 6.39. The molecule has 2 rings (SSSR count). The molecule has 0 spiro atoms. The van der Waals surface area contributed by atoms with Gasteiger partial charge in [-0.2, -0.15) is 0 Å². The predicted molar refractivity (Wildman–Crippen MR) is 95.4 cm³/mol. The van der Waals surface area contributed by atoms with Gasteiger partial charge in [0.05, 0.1) is 11.0 Å². The Hall–Kier alpha value is -2.10. The molecular formula is C19H27N3O. The molecule has 0 radical (unpaired) electrons. The number of carbonyl (C=O) groups is 1. The number of nitrogens with one attached hydrogen (secondary N) is 1. The summed E-state index contributed by atoms with van der Waals surface area (Å²) < 4.78 is 2.27. The third-order valence-electron chi connectivity index (χ3n) is 3.88. The monoisotopic (exact) mass is 313 g/mol. The SMILES string of the molecule is C=C(C)Cn1c(CCCCCNC(=O)CC)nc2ccccc21. The summed E-state index contributed by atoms with van der Waals surface area (Å²) in [6.07, 6.45) is 4.73. The topological polar surface area (TPSA) is 46.9 Å². The molecule has 0 aliphatic heterocycles. The van der Waals surface area contributed by atoms with E-state index in [4.69, 9.17) is 4.98 Å². The van der Waals surface area contributed by atoms with E-state index in [1.165, 1.54) is 5.52 Å². The van der Waals surface area contributed by atoms with Crippen molar-refractivity contribution in [1.29, 1.82) is 0 Å². The van der Waals surface area contributed by atoms with E-state index in [1.807, 2.05) is 13.0 Å². The summed E-state index contributed by atoms with van der Waals surface area (Å²) in [6.45, 7) is 9.56. The van der Waals surface area contributed by atoms with Gasteiger partial charge >= 0.3 is 0 Å². The van der Waals surface area contributed by atoms with Gasteiger partial charge in [-0.3, -0.25) is 4.79 Å². The van der Waals surface area contributed by atoms with Crippen LogP contribution < -0.4 is 5.32 Å². The number of para-hydroxylation sites is 2. The standard InChI is InChI=1S/C19H27N3O/c1-4-19(23)20-13-9-5-6-12-18-21-16-10-7-8-11-17(16)22(18)14-15(2)3/h7-8,10-11H,2,4-6,9,12-14H2,1,3H3,(H,20,23). The van der Waals surface area contributed by atoms with Crippen molar-refractivity contribution in [2.75, 3.05) is 6.54 Å². The quantitative estimate of drug-likeness (QED) is 0.564. The second-order valence-corrected chi connectivity index (χ2v) is 6.07. The molecule has 0 saturated heterocycles. The highest BCUT2D eigenvalue weighted by atomic mass is 16.1. The van der Waals surface area contributed by atoms with Gasteiger partial charge < -0.3 is 9.88 Å². The van der Waals surface area contributed by atoms with Crippen LogP contribution in [0.4, 0.5) is 0 Å². The predicted octanol–water partition coefficient (Wildman–Crippen LogP) is 3.85. The third kappa shape index (κ3) is 4.95. The number of rotatable bonds is 9. The molecular weight excluding hydrogens is 286 g/mol. The number of amides is 1. The van der Waals surface area contributed by atoms with Gasteiger partial charge in [-0.1, -0.05) is 37.6 Å². The van der Waals surface area contributed by atoms with E-state index in [0.717, 1.165) is 55.7 Å². The summed E-state index contributed by atoms with van der Waals surface area (Å²) in [6, 6.07) is 8.27. The minimum Gasteiger partial charge on any atom is -0.356 e. The van der Waals surface area contributed by atoms with E-state index in [0.29, 0.717) is 6.42 Å². The lowest BCUT2D eigenvalue weighted by molar-refractivity contribution is -0.120. The Morgan fingerprint density at radius 3 is 2.78 bits per heavy atom. The van der Waals surface area contributed by atoms with Crippen LogP contribution >= 0.6 is 0 Å². The Morgan fingerprint density at radius 1 is 1.26 bits per heavy atom. The molecule has 23 heavy (non-hydrogen) atoms. The molecule has 4 nitrogen and oxygen atoms in total. The fraction of sp³-hybridized carbons (Fsp3) is 0.474. The van der Waals surface area contributed by atoms with Crippen LogP contribution in [0.15, 0.2) is 36.4 Å². The van der Waals surface area contributed by atoms with Crippen LogP contribution in [0, 0.1) is 0 Å². The van der Waals surface area contributed by atoms with Crippen molar-refractivity contribution in [3.63, 3.8) is 0 Å². The summed E-state index contributed by atoms with van der Waals surface area (Å²) >= 11 is 0. The molecule has 1 aromatic heterocycles. The zero-order chi connectivity index (χ0) is 16.7. The van der Waals surface area contributed by atoms with Crippen LogP contribution in [0.25, 0.3) is 11.0 Å². The maximum absolute atomic E-state index is 11.2.